The average molecular weight is 317 g/mol. The molecule has 0 aromatic heterocycles. The Morgan fingerprint density at radius 1 is 1.04 bits per heavy atom. The predicted molar refractivity (Wildman–Crippen MR) is 88.0 cm³/mol. The van der Waals surface area contributed by atoms with Crippen molar-refractivity contribution in [2.75, 3.05) is 31.1 Å². The third kappa shape index (κ3) is 3.28. The lowest BCUT2D eigenvalue weighted by molar-refractivity contribution is 0.186. The fourth-order valence-corrected chi connectivity index (χ4v) is 3.62. The number of anilines is 1. The molecule has 0 unspecified atom stereocenters. The average Bonchev–Trinajstić information content (AvgIpc) is 3.47. The molecule has 23 heavy (non-hydrogen) atoms. The molecule has 124 valence electrons. The van der Waals surface area contributed by atoms with Gasteiger partial charge in [-0.1, -0.05) is 12.1 Å². The Balaban J connectivity index is 1.32. The number of halogens is 1. The monoisotopic (exact) mass is 317 g/mol. The van der Waals surface area contributed by atoms with Crippen LogP contribution in [0, 0.1) is 17.7 Å². The summed E-state index contributed by atoms with van der Waals surface area (Å²) in [6.45, 7) is 2.68. The van der Waals surface area contributed by atoms with Gasteiger partial charge in [-0.2, -0.15) is 0 Å². The van der Waals surface area contributed by atoms with Crippen LogP contribution < -0.4 is 10.2 Å². The molecule has 2 amide bonds. The van der Waals surface area contributed by atoms with E-state index in [1.54, 1.807) is 12.1 Å². The topological polar surface area (TPSA) is 35.6 Å². The summed E-state index contributed by atoms with van der Waals surface area (Å²) < 4.78 is 13.9. The van der Waals surface area contributed by atoms with E-state index in [4.69, 9.17) is 0 Å². The summed E-state index contributed by atoms with van der Waals surface area (Å²) in [6, 6.07) is 7.33. The molecule has 1 aromatic carbocycles. The highest BCUT2D eigenvalue weighted by atomic mass is 19.1. The van der Waals surface area contributed by atoms with Crippen LogP contribution in [-0.4, -0.2) is 43.2 Å². The van der Waals surface area contributed by atoms with Crippen molar-refractivity contribution in [1.29, 1.82) is 0 Å². The van der Waals surface area contributed by atoms with Gasteiger partial charge in [-0.25, -0.2) is 9.18 Å². The maximum atomic E-state index is 13.9. The number of hydrogen-bond donors (Lipinski definition) is 1. The van der Waals surface area contributed by atoms with E-state index in [-0.39, 0.29) is 11.8 Å². The Kier molecular flexibility index (Phi) is 3.87. The summed E-state index contributed by atoms with van der Waals surface area (Å²) in [5.41, 5.74) is 0.640. The Morgan fingerprint density at radius 2 is 1.65 bits per heavy atom. The minimum atomic E-state index is -0.187. The van der Waals surface area contributed by atoms with Crippen molar-refractivity contribution < 1.29 is 9.18 Å². The van der Waals surface area contributed by atoms with Gasteiger partial charge in [-0.15, -0.1) is 0 Å². The summed E-state index contributed by atoms with van der Waals surface area (Å²) in [6.07, 6.45) is 5.07. The lowest BCUT2D eigenvalue weighted by Crippen LogP contribution is -2.54. The molecule has 0 bridgehead atoms. The highest BCUT2D eigenvalue weighted by molar-refractivity contribution is 5.75. The van der Waals surface area contributed by atoms with E-state index in [2.05, 4.69) is 5.32 Å². The van der Waals surface area contributed by atoms with Gasteiger partial charge in [0.2, 0.25) is 0 Å². The van der Waals surface area contributed by atoms with E-state index < -0.39 is 0 Å². The van der Waals surface area contributed by atoms with Crippen molar-refractivity contribution in [1.82, 2.24) is 10.2 Å². The van der Waals surface area contributed by atoms with Gasteiger partial charge in [-0.05, 0) is 49.7 Å². The van der Waals surface area contributed by atoms with Crippen molar-refractivity contribution in [3.8, 4) is 0 Å². The lowest BCUT2D eigenvalue weighted by Gasteiger charge is -2.37. The minimum absolute atomic E-state index is 0.0713. The second kappa shape index (κ2) is 6.02. The molecular formula is C18H24FN3O. The summed E-state index contributed by atoms with van der Waals surface area (Å²) in [7, 11) is 0. The predicted octanol–water partition coefficient (Wildman–Crippen LogP) is 2.85. The van der Waals surface area contributed by atoms with E-state index in [1.807, 2.05) is 15.9 Å². The molecule has 1 aromatic rings. The number of urea groups is 1. The number of nitrogens with one attached hydrogen (secondary N) is 1. The molecule has 3 aliphatic rings. The molecular weight excluding hydrogens is 293 g/mol. The van der Waals surface area contributed by atoms with Gasteiger partial charge in [0.1, 0.15) is 5.82 Å². The maximum Gasteiger partial charge on any atom is 0.317 e. The van der Waals surface area contributed by atoms with Crippen LogP contribution in [0.2, 0.25) is 0 Å². The van der Waals surface area contributed by atoms with E-state index in [0.29, 0.717) is 49.7 Å². The van der Waals surface area contributed by atoms with Gasteiger partial charge in [0.15, 0.2) is 0 Å². The first-order valence-corrected chi connectivity index (χ1v) is 8.77. The number of amides is 2. The van der Waals surface area contributed by atoms with Gasteiger partial charge < -0.3 is 15.1 Å². The lowest BCUT2D eigenvalue weighted by atomic mass is 10.1. The summed E-state index contributed by atoms with van der Waals surface area (Å²) in [5.74, 6) is 1.24. The second-order valence-electron chi connectivity index (χ2n) is 7.08. The van der Waals surface area contributed by atoms with Crippen molar-refractivity contribution in [3.63, 3.8) is 0 Å². The number of carbonyl (C=O) groups excluding carboxylic acids is 1. The van der Waals surface area contributed by atoms with E-state index in [1.165, 1.54) is 31.7 Å². The number of rotatable bonds is 4. The van der Waals surface area contributed by atoms with Crippen LogP contribution in [0.15, 0.2) is 24.3 Å². The van der Waals surface area contributed by atoms with E-state index >= 15 is 0 Å². The standard InChI is InChI=1S/C18H24FN3O/c19-15-3-1-2-4-16(15)21-9-11-22(12-10-21)18(23)20-17(13-5-6-13)14-7-8-14/h1-4,13-14,17H,5-12H2,(H,20,23). The smallest absolute Gasteiger partial charge is 0.317 e. The van der Waals surface area contributed by atoms with Crippen LogP contribution >= 0.6 is 0 Å². The van der Waals surface area contributed by atoms with Gasteiger partial charge in [0.05, 0.1) is 5.69 Å². The largest absolute Gasteiger partial charge is 0.366 e. The van der Waals surface area contributed by atoms with Crippen LogP contribution in [0.1, 0.15) is 25.7 Å². The minimum Gasteiger partial charge on any atom is -0.366 e. The van der Waals surface area contributed by atoms with Crippen molar-refractivity contribution >= 4 is 11.7 Å². The highest BCUT2D eigenvalue weighted by Gasteiger charge is 2.42. The van der Waals surface area contributed by atoms with Crippen molar-refractivity contribution in [2.24, 2.45) is 11.8 Å². The van der Waals surface area contributed by atoms with Crippen LogP contribution in [0.4, 0.5) is 14.9 Å². The third-order valence-electron chi connectivity index (χ3n) is 5.31. The first-order chi connectivity index (χ1) is 11.2. The molecule has 1 heterocycles. The molecule has 1 N–H and O–H groups in total. The van der Waals surface area contributed by atoms with Gasteiger partial charge in [-0.3, -0.25) is 0 Å². The highest BCUT2D eigenvalue weighted by Crippen LogP contribution is 2.44. The normalized spacial score (nSPS) is 21.7. The number of nitrogens with zero attached hydrogens (tertiary/aromatic N) is 2. The van der Waals surface area contributed by atoms with Crippen LogP contribution in [0.5, 0.6) is 0 Å². The van der Waals surface area contributed by atoms with Gasteiger partial charge in [0, 0.05) is 32.2 Å². The Hall–Kier alpha value is -1.78. The Labute approximate surface area is 136 Å². The zero-order valence-corrected chi connectivity index (χ0v) is 13.4. The molecule has 3 fully saturated rings. The fraction of sp³-hybridized carbons (Fsp3) is 0.611. The molecule has 1 aliphatic heterocycles. The second-order valence-corrected chi connectivity index (χ2v) is 7.08. The number of piperazine rings is 1. The molecule has 4 nitrogen and oxygen atoms in total. The first kappa shape index (κ1) is 14.8. The molecule has 0 radical (unpaired) electrons. The Morgan fingerprint density at radius 3 is 2.22 bits per heavy atom. The maximum absolute atomic E-state index is 13.9. The zero-order chi connectivity index (χ0) is 15.8. The fourth-order valence-electron chi connectivity index (χ4n) is 3.62. The molecule has 1 saturated heterocycles. The molecule has 0 spiro atoms. The molecule has 4 rings (SSSR count). The SMILES string of the molecule is O=C(NC(C1CC1)C1CC1)N1CCN(c2ccccc2F)CC1. The zero-order valence-electron chi connectivity index (χ0n) is 13.4. The molecule has 2 aliphatic carbocycles. The van der Waals surface area contributed by atoms with Crippen LogP contribution in [-0.2, 0) is 0 Å². The summed E-state index contributed by atoms with van der Waals surface area (Å²) in [4.78, 5) is 16.4. The summed E-state index contributed by atoms with van der Waals surface area (Å²) in [5, 5.41) is 3.27. The third-order valence-corrected chi connectivity index (χ3v) is 5.31. The van der Waals surface area contributed by atoms with E-state index in [0.717, 1.165) is 0 Å². The number of hydrogen-bond acceptors (Lipinski definition) is 2. The molecule has 2 saturated carbocycles. The van der Waals surface area contributed by atoms with Gasteiger partial charge >= 0.3 is 6.03 Å². The number of benzene rings is 1. The van der Waals surface area contributed by atoms with E-state index in [9.17, 15) is 9.18 Å². The number of para-hydroxylation sites is 1. The Bertz CT molecular complexity index is 565. The first-order valence-electron chi connectivity index (χ1n) is 8.77. The van der Waals surface area contributed by atoms with Crippen LogP contribution in [0.25, 0.3) is 0 Å². The van der Waals surface area contributed by atoms with Crippen molar-refractivity contribution in [3.05, 3.63) is 30.1 Å². The summed E-state index contributed by atoms with van der Waals surface area (Å²) >= 11 is 0. The molecule has 0 atom stereocenters. The molecule has 5 heteroatoms. The number of carbonyl (C=O) groups is 1. The van der Waals surface area contributed by atoms with Gasteiger partial charge in [0.25, 0.3) is 0 Å². The van der Waals surface area contributed by atoms with Crippen molar-refractivity contribution in [2.45, 2.75) is 31.7 Å². The van der Waals surface area contributed by atoms with Crippen LogP contribution in [0.3, 0.4) is 0 Å². The quantitative estimate of drug-likeness (QED) is 0.927.